The summed E-state index contributed by atoms with van der Waals surface area (Å²) in [5, 5.41) is 2.98. The number of benzene rings is 1. The standard InChI is InChI=1S/C10H11BrF3NS/c1-7-2-3-8(11)6-9(7)15-4-5-16-10(12,13)14/h2-3,6,15H,4-5H2,1H3. The van der Waals surface area contributed by atoms with Crippen LogP contribution in [0.15, 0.2) is 22.7 Å². The highest BCUT2D eigenvalue weighted by atomic mass is 79.9. The van der Waals surface area contributed by atoms with E-state index in [1.165, 1.54) is 0 Å². The third-order valence-corrected chi connectivity index (χ3v) is 3.11. The summed E-state index contributed by atoms with van der Waals surface area (Å²) in [4.78, 5) is 0. The lowest BCUT2D eigenvalue weighted by Gasteiger charge is -2.10. The Balaban J connectivity index is 2.40. The predicted octanol–water partition coefficient (Wildman–Crippen LogP) is 4.42. The van der Waals surface area contributed by atoms with Crippen molar-refractivity contribution >= 4 is 33.4 Å². The molecule has 1 aromatic rings. The molecule has 0 unspecified atom stereocenters. The first kappa shape index (κ1) is 13.7. The number of nitrogens with one attached hydrogen (secondary N) is 1. The SMILES string of the molecule is Cc1ccc(Br)cc1NCCSC(F)(F)F. The summed E-state index contributed by atoms with van der Waals surface area (Å²) in [6.07, 6.45) is 0. The quantitative estimate of drug-likeness (QED) is 0.826. The van der Waals surface area contributed by atoms with Gasteiger partial charge in [0.1, 0.15) is 0 Å². The zero-order valence-corrected chi connectivity index (χ0v) is 11.0. The molecule has 1 N–H and O–H groups in total. The van der Waals surface area contributed by atoms with Gasteiger partial charge in [0, 0.05) is 22.5 Å². The van der Waals surface area contributed by atoms with Crippen LogP contribution in [0.3, 0.4) is 0 Å². The summed E-state index contributed by atoms with van der Waals surface area (Å²) in [5.41, 5.74) is -2.27. The van der Waals surface area contributed by atoms with Crippen molar-refractivity contribution in [3.63, 3.8) is 0 Å². The fraction of sp³-hybridized carbons (Fsp3) is 0.400. The number of alkyl halides is 3. The first-order valence-electron chi connectivity index (χ1n) is 4.59. The summed E-state index contributed by atoms with van der Waals surface area (Å²) >= 11 is 3.30. The van der Waals surface area contributed by atoms with Crippen molar-refractivity contribution in [3.05, 3.63) is 28.2 Å². The molecule has 1 rings (SSSR count). The maximum atomic E-state index is 11.9. The van der Waals surface area contributed by atoms with Crippen LogP contribution in [-0.2, 0) is 0 Å². The van der Waals surface area contributed by atoms with Crippen molar-refractivity contribution < 1.29 is 13.2 Å². The van der Waals surface area contributed by atoms with E-state index in [2.05, 4.69) is 21.2 Å². The smallest absolute Gasteiger partial charge is 0.384 e. The molecule has 0 amide bonds. The molecule has 0 atom stereocenters. The topological polar surface area (TPSA) is 12.0 Å². The maximum absolute atomic E-state index is 11.9. The van der Waals surface area contributed by atoms with E-state index in [-0.39, 0.29) is 17.5 Å². The second kappa shape index (κ2) is 5.82. The van der Waals surface area contributed by atoms with E-state index >= 15 is 0 Å². The number of halogens is 4. The number of aryl methyl sites for hydroxylation is 1. The summed E-state index contributed by atoms with van der Waals surface area (Å²) in [7, 11) is 0. The van der Waals surface area contributed by atoms with E-state index in [9.17, 15) is 13.2 Å². The Morgan fingerprint density at radius 1 is 1.38 bits per heavy atom. The van der Waals surface area contributed by atoms with Gasteiger partial charge in [-0.3, -0.25) is 0 Å². The molecular weight excluding hydrogens is 303 g/mol. The number of rotatable bonds is 4. The van der Waals surface area contributed by atoms with Crippen LogP contribution in [-0.4, -0.2) is 17.8 Å². The molecule has 90 valence electrons. The van der Waals surface area contributed by atoms with E-state index in [4.69, 9.17) is 0 Å². The van der Waals surface area contributed by atoms with Crippen molar-refractivity contribution in [2.75, 3.05) is 17.6 Å². The Morgan fingerprint density at radius 3 is 2.69 bits per heavy atom. The number of hydrogen-bond acceptors (Lipinski definition) is 2. The molecule has 0 aromatic heterocycles. The van der Waals surface area contributed by atoms with Crippen LogP contribution in [0.1, 0.15) is 5.56 Å². The minimum Gasteiger partial charge on any atom is -0.384 e. The fourth-order valence-electron chi connectivity index (χ4n) is 1.14. The average molecular weight is 314 g/mol. The minimum atomic E-state index is -4.14. The van der Waals surface area contributed by atoms with Gasteiger partial charge < -0.3 is 5.32 Å². The fourth-order valence-corrected chi connectivity index (χ4v) is 1.93. The molecule has 0 aliphatic rings. The van der Waals surface area contributed by atoms with E-state index in [1.54, 1.807) is 0 Å². The monoisotopic (exact) mass is 313 g/mol. The van der Waals surface area contributed by atoms with Crippen molar-refractivity contribution in [1.29, 1.82) is 0 Å². The molecule has 16 heavy (non-hydrogen) atoms. The average Bonchev–Trinajstić information content (AvgIpc) is 2.16. The summed E-state index contributed by atoms with van der Waals surface area (Å²) in [6.45, 7) is 2.20. The van der Waals surface area contributed by atoms with Crippen LogP contribution in [0.4, 0.5) is 18.9 Å². The molecule has 0 aliphatic carbocycles. The van der Waals surface area contributed by atoms with Gasteiger partial charge in [-0.05, 0) is 36.4 Å². The van der Waals surface area contributed by atoms with Gasteiger partial charge in [-0.1, -0.05) is 22.0 Å². The van der Waals surface area contributed by atoms with Crippen LogP contribution in [0.25, 0.3) is 0 Å². The van der Waals surface area contributed by atoms with Crippen LogP contribution >= 0.6 is 27.7 Å². The van der Waals surface area contributed by atoms with Gasteiger partial charge >= 0.3 is 5.51 Å². The first-order chi connectivity index (χ1) is 7.38. The molecule has 0 fully saturated rings. The van der Waals surface area contributed by atoms with Crippen LogP contribution in [0.5, 0.6) is 0 Å². The Morgan fingerprint density at radius 2 is 2.06 bits per heavy atom. The van der Waals surface area contributed by atoms with Crippen LogP contribution < -0.4 is 5.32 Å². The normalized spacial score (nSPS) is 11.6. The summed E-state index contributed by atoms with van der Waals surface area (Å²) in [6, 6.07) is 5.65. The Hall–Kier alpha value is -0.360. The largest absolute Gasteiger partial charge is 0.441 e. The Bertz CT molecular complexity index is 354. The van der Waals surface area contributed by atoms with Crippen molar-refractivity contribution in [2.24, 2.45) is 0 Å². The first-order valence-corrected chi connectivity index (χ1v) is 6.37. The molecule has 0 saturated heterocycles. The number of hydrogen-bond donors (Lipinski definition) is 1. The Labute approximate surface area is 105 Å². The highest BCUT2D eigenvalue weighted by Crippen LogP contribution is 2.29. The highest BCUT2D eigenvalue weighted by molar-refractivity contribution is 9.10. The number of anilines is 1. The lowest BCUT2D eigenvalue weighted by Crippen LogP contribution is -2.10. The summed E-state index contributed by atoms with van der Waals surface area (Å²) in [5.74, 6) is 0.00938. The van der Waals surface area contributed by atoms with Crippen molar-refractivity contribution in [2.45, 2.75) is 12.4 Å². The molecule has 1 nitrogen and oxygen atoms in total. The molecule has 0 radical (unpaired) electrons. The maximum Gasteiger partial charge on any atom is 0.441 e. The third-order valence-electron chi connectivity index (χ3n) is 1.88. The molecule has 0 bridgehead atoms. The second-order valence-electron chi connectivity index (χ2n) is 3.18. The van der Waals surface area contributed by atoms with E-state index in [1.807, 2.05) is 25.1 Å². The van der Waals surface area contributed by atoms with Crippen molar-refractivity contribution in [3.8, 4) is 0 Å². The Kier molecular flexibility index (Phi) is 4.98. The van der Waals surface area contributed by atoms with Gasteiger partial charge in [-0.2, -0.15) is 13.2 Å². The van der Waals surface area contributed by atoms with E-state index in [0.717, 1.165) is 15.7 Å². The van der Waals surface area contributed by atoms with Crippen LogP contribution in [0, 0.1) is 6.92 Å². The molecule has 0 heterocycles. The molecule has 0 spiro atoms. The predicted molar refractivity (Wildman–Crippen MR) is 65.9 cm³/mol. The van der Waals surface area contributed by atoms with Gasteiger partial charge in [0.25, 0.3) is 0 Å². The highest BCUT2D eigenvalue weighted by Gasteiger charge is 2.27. The van der Waals surface area contributed by atoms with Gasteiger partial charge in [0.05, 0.1) is 0 Å². The molecule has 0 saturated carbocycles. The second-order valence-corrected chi connectivity index (χ2v) is 5.26. The van der Waals surface area contributed by atoms with E-state index < -0.39 is 5.51 Å². The molecule has 6 heteroatoms. The minimum absolute atomic E-state index is 0.00938. The van der Waals surface area contributed by atoms with Gasteiger partial charge in [-0.15, -0.1) is 0 Å². The zero-order chi connectivity index (χ0) is 12.2. The van der Waals surface area contributed by atoms with Gasteiger partial charge in [0.15, 0.2) is 0 Å². The van der Waals surface area contributed by atoms with E-state index in [0.29, 0.717) is 6.54 Å². The lowest BCUT2D eigenvalue weighted by atomic mass is 10.2. The number of thioether (sulfide) groups is 1. The third kappa shape index (κ3) is 5.12. The van der Waals surface area contributed by atoms with Gasteiger partial charge in [0.2, 0.25) is 0 Å². The molecular formula is C10H11BrF3NS. The molecule has 0 aliphatic heterocycles. The van der Waals surface area contributed by atoms with Gasteiger partial charge in [-0.25, -0.2) is 0 Å². The zero-order valence-electron chi connectivity index (χ0n) is 8.57. The van der Waals surface area contributed by atoms with Crippen molar-refractivity contribution in [1.82, 2.24) is 0 Å². The molecule has 1 aromatic carbocycles. The lowest BCUT2D eigenvalue weighted by molar-refractivity contribution is -0.0327. The van der Waals surface area contributed by atoms with Crippen LogP contribution in [0.2, 0.25) is 0 Å². The summed E-state index contributed by atoms with van der Waals surface area (Å²) < 4.78 is 36.5.